The molecule has 0 fully saturated rings. The lowest BCUT2D eigenvalue weighted by atomic mass is 10.1. The second-order valence-electron chi connectivity index (χ2n) is 4.68. The fraction of sp³-hybridized carbons (Fsp3) is 0.176. The summed E-state index contributed by atoms with van der Waals surface area (Å²) in [5, 5.41) is 2.81. The molecule has 2 rings (SSSR count). The van der Waals surface area contributed by atoms with Crippen LogP contribution in [-0.4, -0.2) is 26.1 Å². The summed E-state index contributed by atoms with van der Waals surface area (Å²) >= 11 is 0. The van der Waals surface area contributed by atoms with E-state index in [9.17, 15) is 9.59 Å². The third-order valence-electron chi connectivity index (χ3n) is 3.25. The molecule has 0 aliphatic rings. The fourth-order valence-electron chi connectivity index (χ4n) is 2.07. The second kappa shape index (κ2) is 6.76. The minimum atomic E-state index is -0.411. The quantitative estimate of drug-likeness (QED) is 0.881. The van der Waals surface area contributed by atoms with Gasteiger partial charge in [0.25, 0.3) is 5.91 Å². The molecule has 0 saturated heterocycles. The van der Waals surface area contributed by atoms with Crippen molar-refractivity contribution in [2.45, 2.75) is 6.92 Å². The highest BCUT2D eigenvalue weighted by Crippen LogP contribution is 2.21. The molecule has 1 amide bonds. The molecule has 1 N–H and O–H groups in total. The summed E-state index contributed by atoms with van der Waals surface area (Å²) in [6.07, 6.45) is 0. The van der Waals surface area contributed by atoms with Gasteiger partial charge in [0, 0.05) is 5.69 Å². The van der Waals surface area contributed by atoms with Gasteiger partial charge in [0.05, 0.1) is 25.3 Å². The van der Waals surface area contributed by atoms with E-state index in [1.54, 1.807) is 42.5 Å². The largest absolute Gasteiger partial charge is 0.496 e. The molecule has 22 heavy (non-hydrogen) atoms. The smallest absolute Gasteiger partial charge is 0.337 e. The number of hydrogen-bond donors (Lipinski definition) is 1. The molecule has 0 radical (unpaired) electrons. The van der Waals surface area contributed by atoms with Crippen molar-refractivity contribution in [3.05, 3.63) is 59.2 Å². The Kier molecular flexibility index (Phi) is 4.78. The van der Waals surface area contributed by atoms with Gasteiger partial charge in [-0.3, -0.25) is 4.79 Å². The highest BCUT2D eigenvalue weighted by molar-refractivity contribution is 6.06. The Morgan fingerprint density at radius 2 is 1.77 bits per heavy atom. The number of esters is 1. The van der Waals surface area contributed by atoms with Crippen molar-refractivity contribution in [2.75, 3.05) is 19.5 Å². The average molecular weight is 299 g/mol. The summed E-state index contributed by atoms with van der Waals surface area (Å²) in [5.41, 5.74) is 2.28. The molecule has 2 aromatic rings. The number of anilines is 1. The highest BCUT2D eigenvalue weighted by Gasteiger charge is 2.14. The Balaban J connectivity index is 2.23. The summed E-state index contributed by atoms with van der Waals surface area (Å²) < 4.78 is 9.85. The third-order valence-corrected chi connectivity index (χ3v) is 3.25. The van der Waals surface area contributed by atoms with Gasteiger partial charge in [-0.15, -0.1) is 0 Å². The van der Waals surface area contributed by atoms with Crippen LogP contribution < -0.4 is 10.1 Å². The van der Waals surface area contributed by atoms with Gasteiger partial charge >= 0.3 is 5.97 Å². The van der Waals surface area contributed by atoms with Crippen molar-refractivity contribution in [2.24, 2.45) is 0 Å². The van der Waals surface area contributed by atoms with Crippen LogP contribution in [0.25, 0.3) is 0 Å². The predicted molar refractivity (Wildman–Crippen MR) is 83.5 cm³/mol. The maximum absolute atomic E-state index is 12.3. The van der Waals surface area contributed by atoms with Gasteiger partial charge in [-0.25, -0.2) is 4.79 Å². The van der Waals surface area contributed by atoms with Crippen LogP contribution in [0.5, 0.6) is 5.75 Å². The lowest BCUT2D eigenvalue weighted by Crippen LogP contribution is -2.14. The number of benzene rings is 2. The SMILES string of the molecule is COC(=O)c1ccc(NC(=O)c2ccccc2OC)c(C)c1. The van der Waals surface area contributed by atoms with E-state index in [1.165, 1.54) is 14.2 Å². The number of ether oxygens (including phenoxy) is 2. The lowest BCUT2D eigenvalue weighted by Gasteiger charge is -2.11. The minimum Gasteiger partial charge on any atom is -0.496 e. The summed E-state index contributed by atoms with van der Waals surface area (Å²) in [4.78, 5) is 23.8. The third kappa shape index (κ3) is 3.25. The fourth-order valence-corrected chi connectivity index (χ4v) is 2.07. The van der Waals surface area contributed by atoms with E-state index in [4.69, 9.17) is 4.74 Å². The van der Waals surface area contributed by atoms with Crippen molar-refractivity contribution in [1.29, 1.82) is 0 Å². The molecule has 5 heteroatoms. The van der Waals surface area contributed by atoms with E-state index >= 15 is 0 Å². The molecule has 0 aliphatic carbocycles. The van der Waals surface area contributed by atoms with E-state index in [-0.39, 0.29) is 5.91 Å². The van der Waals surface area contributed by atoms with Gasteiger partial charge < -0.3 is 14.8 Å². The molecular weight excluding hydrogens is 282 g/mol. The Hall–Kier alpha value is -2.82. The van der Waals surface area contributed by atoms with Crippen molar-refractivity contribution in [3.63, 3.8) is 0 Å². The van der Waals surface area contributed by atoms with Crippen LogP contribution in [0, 0.1) is 6.92 Å². The zero-order chi connectivity index (χ0) is 16.1. The number of nitrogens with one attached hydrogen (secondary N) is 1. The van der Waals surface area contributed by atoms with Crippen LogP contribution in [0.15, 0.2) is 42.5 Å². The molecule has 0 aliphatic heterocycles. The first-order valence-electron chi connectivity index (χ1n) is 6.70. The Labute approximate surface area is 128 Å². The Morgan fingerprint density at radius 1 is 1.05 bits per heavy atom. The minimum absolute atomic E-state index is 0.272. The molecule has 0 saturated carbocycles. The molecular formula is C17H17NO4. The first-order valence-corrected chi connectivity index (χ1v) is 6.70. The Morgan fingerprint density at radius 3 is 2.41 bits per heavy atom. The van der Waals surface area contributed by atoms with Crippen LogP contribution in [-0.2, 0) is 4.74 Å². The van der Waals surface area contributed by atoms with Crippen molar-refractivity contribution >= 4 is 17.6 Å². The van der Waals surface area contributed by atoms with E-state index in [2.05, 4.69) is 10.1 Å². The molecule has 114 valence electrons. The normalized spacial score (nSPS) is 9.95. The zero-order valence-corrected chi connectivity index (χ0v) is 12.7. The summed E-state index contributed by atoms with van der Waals surface area (Å²) in [6, 6.07) is 11.9. The zero-order valence-electron chi connectivity index (χ0n) is 12.7. The number of methoxy groups -OCH3 is 2. The average Bonchev–Trinajstić information content (AvgIpc) is 2.55. The molecule has 0 atom stereocenters. The van der Waals surface area contributed by atoms with Crippen LogP contribution >= 0.6 is 0 Å². The van der Waals surface area contributed by atoms with E-state index in [0.717, 1.165) is 5.56 Å². The first kappa shape index (κ1) is 15.6. The number of rotatable bonds is 4. The van der Waals surface area contributed by atoms with Gasteiger partial charge in [-0.1, -0.05) is 12.1 Å². The number of para-hydroxylation sites is 1. The van der Waals surface area contributed by atoms with E-state index in [1.807, 2.05) is 6.92 Å². The highest BCUT2D eigenvalue weighted by atomic mass is 16.5. The molecule has 0 bridgehead atoms. The van der Waals surface area contributed by atoms with Crippen molar-refractivity contribution in [3.8, 4) is 5.75 Å². The van der Waals surface area contributed by atoms with Crippen molar-refractivity contribution < 1.29 is 19.1 Å². The van der Waals surface area contributed by atoms with Crippen LogP contribution in [0.1, 0.15) is 26.3 Å². The van der Waals surface area contributed by atoms with Gasteiger partial charge in [-0.05, 0) is 42.8 Å². The van der Waals surface area contributed by atoms with Crippen LogP contribution in [0.3, 0.4) is 0 Å². The van der Waals surface area contributed by atoms with Gasteiger partial charge in [0.2, 0.25) is 0 Å². The van der Waals surface area contributed by atoms with Crippen LogP contribution in [0.2, 0.25) is 0 Å². The Bertz CT molecular complexity index is 710. The standard InChI is InChI=1S/C17H17NO4/c1-11-10-12(17(20)22-3)8-9-14(11)18-16(19)13-6-4-5-7-15(13)21-2/h4-10H,1-3H3,(H,18,19). The second-order valence-corrected chi connectivity index (χ2v) is 4.68. The summed E-state index contributed by atoms with van der Waals surface area (Å²) in [7, 11) is 2.84. The number of carbonyl (C=O) groups excluding carboxylic acids is 2. The maximum atomic E-state index is 12.3. The van der Waals surface area contributed by atoms with Gasteiger partial charge in [-0.2, -0.15) is 0 Å². The van der Waals surface area contributed by atoms with Crippen LogP contribution in [0.4, 0.5) is 5.69 Å². The monoisotopic (exact) mass is 299 g/mol. The molecule has 0 aromatic heterocycles. The number of aryl methyl sites for hydroxylation is 1. The lowest BCUT2D eigenvalue weighted by molar-refractivity contribution is 0.0600. The first-order chi connectivity index (χ1) is 10.6. The molecule has 5 nitrogen and oxygen atoms in total. The van der Waals surface area contributed by atoms with E-state index < -0.39 is 5.97 Å². The molecule has 0 unspecified atom stereocenters. The summed E-state index contributed by atoms with van der Waals surface area (Å²) in [5.74, 6) is -0.180. The predicted octanol–water partition coefficient (Wildman–Crippen LogP) is 3.04. The molecule has 0 heterocycles. The summed E-state index contributed by atoms with van der Waals surface area (Å²) in [6.45, 7) is 1.81. The molecule has 2 aromatic carbocycles. The number of hydrogen-bond acceptors (Lipinski definition) is 4. The number of carbonyl (C=O) groups is 2. The van der Waals surface area contributed by atoms with E-state index in [0.29, 0.717) is 22.6 Å². The maximum Gasteiger partial charge on any atom is 0.337 e. The number of amides is 1. The topological polar surface area (TPSA) is 64.6 Å². The van der Waals surface area contributed by atoms with Gasteiger partial charge in [0.1, 0.15) is 5.75 Å². The van der Waals surface area contributed by atoms with Gasteiger partial charge in [0.15, 0.2) is 0 Å². The van der Waals surface area contributed by atoms with Crippen molar-refractivity contribution in [1.82, 2.24) is 0 Å². The molecule has 0 spiro atoms.